The van der Waals surface area contributed by atoms with Gasteiger partial charge in [-0.3, -0.25) is 0 Å². The maximum absolute atomic E-state index is 13.6. The summed E-state index contributed by atoms with van der Waals surface area (Å²) in [6.07, 6.45) is 5.29. The van der Waals surface area contributed by atoms with E-state index >= 15 is 0 Å². The Balaban J connectivity index is 1.42. The lowest BCUT2D eigenvalue weighted by molar-refractivity contribution is -0.137. The van der Waals surface area contributed by atoms with Gasteiger partial charge in [0, 0.05) is 48.7 Å². The molecule has 0 radical (unpaired) electrons. The minimum Gasteiger partial charge on any atom is -0.362 e. The Labute approximate surface area is 238 Å². The van der Waals surface area contributed by atoms with E-state index in [0.717, 1.165) is 47.1 Å². The third-order valence-electron chi connectivity index (χ3n) is 7.41. The van der Waals surface area contributed by atoms with Crippen molar-refractivity contribution in [1.82, 2.24) is 19.9 Å². The molecule has 10 heteroatoms. The van der Waals surface area contributed by atoms with Crippen molar-refractivity contribution >= 4 is 17.5 Å². The van der Waals surface area contributed by atoms with Crippen molar-refractivity contribution in [3.8, 4) is 22.6 Å². The Morgan fingerprint density at radius 3 is 2.54 bits per heavy atom. The zero-order valence-corrected chi connectivity index (χ0v) is 23.5. The number of anilines is 3. The van der Waals surface area contributed by atoms with Crippen molar-refractivity contribution in [1.29, 1.82) is 0 Å². The summed E-state index contributed by atoms with van der Waals surface area (Å²) in [5, 5.41) is 3.47. The van der Waals surface area contributed by atoms with Crippen LogP contribution in [0.15, 0.2) is 67.6 Å². The summed E-state index contributed by atoms with van der Waals surface area (Å²) in [6, 6.07) is 11.7. The molecule has 1 aliphatic rings. The highest BCUT2D eigenvalue weighted by Crippen LogP contribution is 2.37. The molecule has 0 bridgehead atoms. The molecular weight excluding hydrogens is 527 g/mol. The van der Waals surface area contributed by atoms with Gasteiger partial charge in [0.2, 0.25) is 5.95 Å². The first-order valence-corrected chi connectivity index (χ1v) is 13.7. The highest BCUT2D eigenvalue weighted by atomic mass is 19.4. The summed E-state index contributed by atoms with van der Waals surface area (Å²) >= 11 is 0. The molecule has 0 spiro atoms. The van der Waals surface area contributed by atoms with E-state index in [4.69, 9.17) is 4.98 Å². The van der Waals surface area contributed by atoms with Crippen LogP contribution in [0.25, 0.3) is 22.6 Å². The average Bonchev–Trinajstić information content (AvgIpc) is 3.65. The first-order valence-electron chi connectivity index (χ1n) is 13.7. The number of benzene rings is 2. The maximum atomic E-state index is 13.6. The van der Waals surface area contributed by atoms with Crippen LogP contribution in [0.2, 0.25) is 0 Å². The number of hydrogen-bond acceptors (Lipinski definition) is 6. The molecule has 0 amide bonds. The fourth-order valence-corrected chi connectivity index (χ4v) is 5.29. The molecule has 7 nitrogen and oxygen atoms in total. The van der Waals surface area contributed by atoms with E-state index in [1.54, 1.807) is 12.3 Å². The zero-order valence-electron chi connectivity index (χ0n) is 23.5. The number of aryl methyl sites for hydroxylation is 1. The predicted molar refractivity (Wildman–Crippen MR) is 158 cm³/mol. The number of nitrogens with zero attached hydrogens (tertiary/aromatic N) is 5. The van der Waals surface area contributed by atoms with Gasteiger partial charge in [-0.25, -0.2) is 9.97 Å². The number of nitrogens with one attached hydrogen (secondary N) is 2. The third kappa shape index (κ3) is 6.21. The summed E-state index contributed by atoms with van der Waals surface area (Å²) in [5.41, 5.74) is 3.23. The van der Waals surface area contributed by atoms with Gasteiger partial charge in [-0.1, -0.05) is 49.8 Å². The van der Waals surface area contributed by atoms with Crippen LogP contribution < -0.4 is 15.1 Å². The first kappa shape index (κ1) is 28.2. The minimum absolute atomic E-state index is 0.0564. The molecule has 0 atom stereocenters. The molecule has 5 rings (SSSR count). The number of aromatic amines is 1. The van der Waals surface area contributed by atoms with Crippen molar-refractivity contribution in [3.63, 3.8) is 0 Å². The van der Waals surface area contributed by atoms with Gasteiger partial charge in [-0.15, -0.1) is 0 Å². The predicted octanol–water partition coefficient (Wildman–Crippen LogP) is 7.43. The van der Waals surface area contributed by atoms with Gasteiger partial charge in [0.15, 0.2) is 0 Å². The fourth-order valence-electron chi connectivity index (χ4n) is 5.29. The molecule has 2 heterocycles. The molecule has 2 aromatic heterocycles. The van der Waals surface area contributed by atoms with Gasteiger partial charge in [0.1, 0.15) is 11.6 Å². The molecular formula is C31H34F3N7. The maximum Gasteiger partial charge on any atom is 0.417 e. The van der Waals surface area contributed by atoms with Crippen LogP contribution in [0.3, 0.4) is 0 Å². The summed E-state index contributed by atoms with van der Waals surface area (Å²) in [5.74, 6) is 1.93. The summed E-state index contributed by atoms with van der Waals surface area (Å²) in [7, 11) is 3.92. The highest BCUT2D eigenvalue weighted by molar-refractivity contribution is 5.71. The second-order valence-electron chi connectivity index (χ2n) is 10.6. The third-order valence-corrected chi connectivity index (χ3v) is 7.41. The number of halogens is 3. The smallest absolute Gasteiger partial charge is 0.362 e. The van der Waals surface area contributed by atoms with E-state index in [0.29, 0.717) is 30.1 Å². The van der Waals surface area contributed by atoms with Crippen LogP contribution >= 0.6 is 0 Å². The average molecular weight is 562 g/mol. The van der Waals surface area contributed by atoms with E-state index in [2.05, 4.69) is 26.8 Å². The molecule has 0 aliphatic heterocycles. The molecule has 1 aliphatic carbocycles. The summed E-state index contributed by atoms with van der Waals surface area (Å²) in [4.78, 5) is 20.9. The van der Waals surface area contributed by atoms with Crippen LogP contribution in [0, 0.1) is 6.92 Å². The van der Waals surface area contributed by atoms with Crippen molar-refractivity contribution in [2.75, 3.05) is 29.2 Å². The molecule has 1 fully saturated rings. The monoisotopic (exact) mass is 561 g/mol. The van der Waals surface area contributed by atoms with Gasteiger partial charge < -0.3 is 20.1 Å². The van der Waals surface area contributed by atoms with E-state index in [-0.39, 0.29) is 5.56 Å². The summed E-state index contributed by atoms with van der Waals surface area (Å²) < 4.78 is 40.8. The normalized spacial score (nSPS) is 13.8. The van der Waals surface area contributed by atoms with Crippen molar-refractivity contribution in [3.05, 3.63) is 84.3 Å². The lowest BCUT2D eigenvalue weighted by Crippen LogP contribution is -2.23. The number of aromatic nitrogens is 4. The van der Waals surface area contributed by atoms with Crippen LogP contribution in [-0.4, -0.2) is 40.1 Å². The van der Waals surface area contributed by atoms with E-state index in [1.165, 1.54) is 31.2 Å². The Kier molecular flexibility index (Phi) is 8.01. The minimum atomic E-state index is -4.47. The number of rotatable bonds is 9. The molecule has 0 saturated heterocycles. The van der Waals surface area contributed by atoms with Gasteiger partial charge in [0.25, 0.3) is 0 Å². The zero-order chi connectivity index (χ0) is 29.1. The van der Waals surface area contributed by atoms with Crippen molar-refractivity contribution < 1.29 is 13.2 Å². The topological polar surface area (TPSA) is 73.0 Å². The Morgan fingerprint density at radius 1 is 1.07 bits per heavy atom. The van der Waals surface area contributed by atoms with Gasteiger partial charge >= 0.3 is 6.18 Å². The molecule has 0 unspecified atom stereocenters. The lowest BCUT2D eigenvalue weighted by atomic mass is 10.0. The quantitative estimate of drug-likeness (QED) is 0.221. The second kappa shape index (κ2) is 11.6. The Hall–Kier alpha value is -4.34. The molecule has 2 aromatic carbocycles. The van der Waals surface area contributed by atoms with Crippen molar-refractivity contribution in [2.45, 2.75) is 51.4 Å². The fraction of sp³-hybridized carbons (Fsp3) is 0.323. The SMILES string of the molecule is C=CN(Cc1cnc(NC2CCCC2)nc1N(C)C)c1cc(-c2ncc(-c3ccccc3C(F)(F)F)[nH]2)ccc1C. The number of imidazole rings is 1. The standard InChI is InChI=1S/C31H34F3N7/c1-5-41(19-22-17-36-30(39-29(22)40(3)4)37-23-10-6-7-11-23)27-16-21(15-14-20(27)2)28-35-18-26(38-28)24-12-8-9-13-25(24)31(32,33)34/h5,8-9,12-18,23H,1,6-7,10-11,19H2,2-4H3,(H,35,38)(H,36,37,39). The van der Waals surface area contributed by atoms with E-state index in [1.807, 2.05) is 55.2 Å². The number of hydrogen-bond donors (Lipinski definition) is 2. The van der Waals surface area contributed by atoms with Gasteiger partial charge in [0.05, 0.1) is 24.0 Å². The number of alkyl halides is 3. The van der Waals surface area contributed by atoms with E-state index in [9.17, 15) is 13.2 Å². The molecule has 2 N–H and O–H groups in total. The largest absolute Gasteiger partial charge is 0.417 e. The highest BCUT2D eigenvalue weighted by Gasteiger charge is 2.33. The lowest BCUT2D eigenvalue weighted by Gasteiger charge is -2.25. The van der Waals surface area contributed by atoms with Gasteiger partial charge in [-0.05, 0) is 43.7 Å². The Bertz CT molecular complexity index is 1520. The van der Waals surface area contributed by atoms with Crippen LogP contribution in [0.1, 0.15) is 42.4 Å². The first-order chi connectivity index (χ1) is 19.6. The van der Waals surface area contributed by atoms with E-state index < -0.39 is 11.7 Å². The Morgan fingerprint density at radius 2 is 1.83 bits per heavy atom. The molecule has 4 aromatic rings. The molecule has 41 heavy (non-hydrogen) atoms. The van der Waals surface area contributed by atoms with Crippen LogP contribution in [0.4, 0.5) is 30.6 Å². The number of H-pyrrole nitrogens is 1. The van der Waals surface area contributed by atoms with Crippen LogP contribution in [0.5, 0.6) is 0 Å². The molecule has 1 saturated carbocycles. The second-order valence-corrected chi connectivity index (χ2v) is 10.6. The summed E-state index contributed by atoms with van der Waals surface area (Å²) in [6.45, 7) is 6.52. The van der Waals surface area contributed by atoms with Crippen LogP contribution in [-0.2, 0) is 12.7 Å². The molecule has 214 valence electrons. The van der Waals surface area contributed by atoms with Gasteiger partial charge in [-0.2, -0.15) is 18.2 Å². The van der Waals surface area contributed by atoms with Crippen molar-refractivity contribution in [2.24, 2.45) is 0 Å².